The first-order chi connectivity index (χ1) is 16.6. The molecule has 2 aliphatic heterocycles. The van der Waals surface area contributed by atoms with Gasteiger partial charge in [0.05, 0.1) is 18.5 Å². The zero-order valence-electron chi connectivity index (χ0n) is 18.8. The fraction of sp³-hybridized carbons (Fsp3) is 0.500. The first-order valence-corrected chi connectivity index (χ1v) is 10.3. The fourth-order valence-electron chi connectivity index (χ4n) is 3.43. The number of aromatic nitrogens is 2. The number of aryl methyl sites for hydroxylation is 1. The number of likely N-dealkylation sites (tertiary alicyclic amines) is 1. The van der Waals surface area contributed by atoms with Gasteiger partial charge in [-0.1, -0.05) is 0 Å². The molecule has 200 valence electrons. The topological polar surface area (TPSA) is 129 Å². The van der Waals surface area contributed by atoms with Crippen molar-refractivity contribution in [3.8, 4) is 0 Å². The summed E-state index contributed by atoms with van der Waals surface area (Å²) in [5.74, 6) is -4.47. The third-order valence-electron chi connectivity index (χ3n) is 5.07. The van der Waals surface area contributed by atoms with Crippen LogP contribution in [-0.2, 0) is 36.3 Å². The number of halogens is 6. The zero-order valence-corrected chi connectivity index (χ0v) is 18.8. The van der Waals surface area contributed by atoms with E-state index in [0.717, 1.165) is 62.6 Å². The van der Waals surface area contributed by atoms with Crippen molar-refractivity contribution < 1.29 is 55.4 Å². The lowest BCUT2D eigenvalue weighted by Crippen LogP contribution is -2.29. The average molecular weight is 528 g/mol. The number of fused-ring (bicyclic) bond motifs is 1. The molecule has 4 rings (SSSR count). The predicted molar refractivity (Wildman–Crippen MR) is 107 cm³/mol. The van der Waals surface area contributed by atoms with Gasteiger partial charge in [-0.2, -0.15) is 31.4 Å². The molecule has 2 aromatic rings. The van der Waals surface area contributed by atoms with Gasteiger partial charge in [0.1, 0.15) is 5.76 Å². The quantitative estimate of drug-likeness (QED) is 0.582. The Balaban J connectivity index is 0.000000271. The largest absolute Gasteiger partial charge is 0.490 e. The molecule has 2 aliphatic rings. The molecule has 2 aromatic heterocycles. The van der Waals surface area contributed by atoms with E-state index >= 15 is 0 Å². The van der Waals surface area contributed by atoms with E-state index in [1.807, 2.05) is 28.8 Å². The summed E-state index contributed by atoms with van der Waals surface area (Å²) in [5, 5.41) is 18.7. The van der Waals surface area contributed by atoms with Gasteiger partial charge in [-0.15, -0.1) is 0 Å². The number of furan rings is 1. The summed E-state index contributed by atoms with van der Waals surface area (Å²) in [6.45, 7) is 4.06. The molecule has 0 bridgehead atoms. The molecule has 0 spiro atoms. The second kappa shape index (κ2) is 11.5. The van der Waals surface area contributed by atoms with E-state index in [1.54, 1.807) is 6.26 Å². The van der Waals surface area contributed by atoms with Crippen molar-refractivity contribution in [2.24, 2.45) is 7.05 Å². The molecule has 0 aliphatic carbocycles. The van der Waals surface area contributed by atoms with E-state index < -0.39 is 24.3 Å². The molecule has 0 atom stereocenters. The Bertz CT molecular complexity index is 1030. The van der Waals surface area contributed by atoms with Gasteiger partial charge in [-0.3, -0.25) is 14.4 Å². The van der Waals surface area contributed by atoms with Gasteiger partial charge in [-0.05, 0) is 25.0 Å². The molecule has 0 aromatic carbocycles. The molecular formula is C20H22F6N4O6. The van der Waals surface area contributed by atoms with Crippen LogP contribution in [0.4, 0.5) is 26.3 Å². The number of alkyl halides is 6. The number of hydrogen-bond donors (Lipinski definition) is 2. The molecule has 4 heterocycles. The molecule has 2 N–H and O–H groups in total. The first kappa shape index (κ1) is 28.7. The zero-order chi connectivity index (χ0) is 27.3. The van der Waals surface area contributed by atoms with Crippen LogP contribution in [0.2, 0.25) is 0 Å². The molecule has 0 saturated carbocycles. The van der Waals surface area contributed by atoms with Gasteiger partial charge in [0, 0.05) is 38.8 Å². The highest BCUT2D eigenvalue weighted by molar-refractivity contribution is 5.94. The lowest BCUT2D eigenvalue weighted by atomic mass is 10.2. The van der Waals surface area contributed by atoms with Crippen LogP contribution in [0.15, 0.2) is 22.8 Å². The number of carbonyl (C=O) groups is 3. The Morgan fingerprint density at radius 3 is 1.97 bits per heavy atom. The Labute approximate surface area is 199 Å². The second-order valence-electron chi connectivity index (χ2n) is 7.73. The Morgan fingerprint density at radius 2 is 1.53 bits per heavy atom. The second-order valence-corrected chi connectivity index (χ2v) is 7.73. The summed E-state index contributed by atoms with van der Waals surface area (Å²) >= 11 is 0. The third-order valence-corrected chi connectivity index (χ3v) is 5.07. The van der Waals surface area contributed by atoms with Crippen molar-refractivity contribution in [2.45, 2.75) is 44.8 Å². The summed E-state index contributed by atoms with van der Waals surface area (Å²) in [6.07, 6.45) is -6.26. The van der Waals surface area contributed by atoms with E-state index in [4.69, 9.17) is 24.2 Å². The normalized spacial score (nSPS) is 15.5. The standard InChI is InChI=1S/C16H20N4O2.2C2HF3O2/c1-18-14-11-19(9-12-5-4-8-22-12)10-13(14)15(17-18)16(21)20-6-2-3-7-20;2*3-2(4,5)1(6)7/h4-5,8H,2-3,6-7,9-11H2,1H3;2*(H,6,7). The third kappa shape index (κ3) is 7.73. The molecular weight excluding hydrogens is 506 g/mol. The molecule has 1 fully saturated rings. The average Bonchev–Trinajstić information content (AvgIpc) is 3.55. The number of nitrogens with zero attached hydrogens (tertiary/aromatic N) is 4. The van der Waals surface area contributed by atoms with Gasteiger partial charge in [0.2, 0.25) is 0 Å². The number of amides is 1. The van der Waals surface area contributed by atoms with Gasteiger partial charge < -0.3 is 19.5 Å². The molecule has 10 nitrogen and oxygen atoms in total. The van der Waals surface area contributed by atoms with Crippen LogP contribution >= 0.6 is 0 Å². The van der Waals surface area contributed by atoms with Crippen LogP contribution in [-0.4, -0.2) is 73.1 Å². The van der Waals surface area contributed by atoms with E-state index in [1.165, 1.54) is 0 Å². The number of carbonyl (C=O) groups excluding carboxylic acids is 1. The number of rotatable bonds is 3. The minimum atomic E-state index is -5.08. The summed E-state index contributed by atoms with van der Waals surface area (Å²) in [4.78, 5) is 34.7. The van der Waals surface area contributed by atoms with Gasteiger partial charge in [0.25, 0.3) is 5.91 Å². The summed E-state index contributed by atoms with van der Waals surface area (Å²) in [6, 6.07) is 3.89. The number of carboxylic acids is 2. The highest BCUT2D eigenvalue weighted by atomic mass is 19.4. The van der Waals surface area contributed by atoms with Crippen molar-refractivity contribution in [3.05, 3.63) is 41.1 Å². The Morgan fingerprint density at radius 1 is 1.00 bits per heavy atom. The van der Waals surface area contributed by atoms with Crippen molar-refractivity contribution in [1.82, 2.24) is 19.6 Å². The highest BCUT2D eigenvalue weighted by Gasteiger charge is 2.39. The van der Waals surface area contributed by atoms with E-state index in [2.05, 4.69) is 10.00 Å². The van der Waals surface area contributed by atoms with Crippen LogP contribution in [0.3, 0.4) is 0 Å². The highest BCUT2D eigenvalue weighted by Crippen LogP contribution is 2.28. The Hall–Kier alpha value is -3.56. The molecule has 1 saturated heterocycles. The summed E-state index contributed by atoms with van der Waals surface area (Å²) in [7, 11) is 1.93. The van der Waals surface area contributed by atoms with Gasteiger partial charge in [0.15, 0.2) is 5.69 Å². The maximum absolute atomic E-state index is 12.7. The molecule has 16 heteroatoms. The summed E-state index contributed by atoms with van der Waals surface area (Å²) < 4.78 is 70.8. The molecule has 36 heavy (non-hydrogen) atoms. The first-order valence-electron chi connectivity index (χ1n) is 10.3. The minimum Gasteiger partial charge on any atom is -0.475 e. The molecule has 0 radical (unpaired) electrons. The summed E-state index contributed by atoms with van der Waals surface area (Å²) in [5.41, 5.74) is 2.88. The van der Waals surface area contributed by atoms with E-state index in [9.17, 15) is 31.1 Å². The number of carboxylic acid groups (broad SMARTS) is 2. The lowest BCUT2D eigenvalue weighted by Gasteiger charge is -2.16. The van der Waals surface area contributed by atoms with Crippen molar-refractivity contribution in [1.29, 1.82) is 0 Å². The van der Waals surface area contributed by atoms with E-state index in [-0.39, 0.29) is 5.91 Å². The van der Waals surface area contributed by atoms with Crippen molar-refractivity contribution in [3.63, 3.8) is 0 Å². The van der Waals surface area contributed by atoms with Crippen LogP contribution in [0.5, 0.6) is 0 Å². The SMILES string of the molecule is Cn1nc(C(=O)N2CCCC2)c2c1CN(Cc1ccco1)C2.O=C(O)C(F)(F)F.O=C(O)C(F)(F)F. The molecule has 1 amide bonds. The monoisotopic (exact) mass is 528 g/mol. The maximum atomic E-state index is 12.7. The smallest absolute Gasteiger partial charge is 0.475 e. The van der Waals surface area contributed by atoms with Crippen molar-refractivity contribution >= 4 is 17.8 Å². The van der Waals surface area contributed by atoms with Crippen LogP contribution < -0.4 is 0 Å². The van der Waals surface area contributed by atoms with Gasteiger partial charge in [-0.25, -0.2) is 9.59 Å². The lowest BCUT2D eigenvalue weighted by molar-refractivity contribution is -0.193. The maximum Gasteiger partial charge on any atom is 0.490 e. The van der Waals surface area contributed by atoms with E-state index in [0.29, 0.717) is 5.69 Å². The number of hydrogen-bond acceptors (Lipinski definition) is 6. The fourth-order valence-corrected chi connectivity index (χ4v) is 3.43. The minimum absolute atomic E-state index is 0.0919. The Kier molecular flexibility index (Phi) is 9.12. The predicted octanol–water partition coefficient (Wildman–Crippen LogP) is 3.03. The van der Waals surface area contributed by atoms with Crippen LogP contribution in [0, 0.1) is 0 Å². The van der Waals surface area contributed by atoms with Crippen LogP contribution in [0.1, 0.15) is 40.3 Å². The van der Waals surface area contributed by atoms with Crippen molar-refractivity contribution in [2.75, 3.05) is 13.1 Å². The molecule has 0 unspecified atom stereocenters. The van der Waals surface area contributed by atoms with Crippen LogP contribution in [0.25, 0.3) is 0 Å². The number of aliphatic carboxylic acids is 2. The van der Waals surface area contributed by atoms with Gasteiger partial charge >= 0.3 is 24.3 Å².